The van der Waals surface area contributed by atoms with Crippen LogP contribution in [0.5, 0.6) is 11.5 Å². The number of hydrogen-bond donors (Lipinski definition) is 1. The van der Waals surface area contributed by atoms with Gasteiger partial charge in [-0.3, -0.25) is 9.59 Å². The maximum Gasteiger partial charge on any atom is 0.263 e. The normalized spacial score (nSPS) is 15.6. The Labute approximate surface area is 164 Å². The van der Waals surface area contributed by atoms with Gasteiger partial charge in [-0.25, -0.2) is 0 Å². The summed E-state index contributed by atoms with van der Waals surface area (Å²) in [4.78, 5) is 27.3. The van der Waals surface area contributed by atoms with Crippen molar-refractivity contribution in [1.82, 2.24) is 0 Å². The van der Waals surface area contributed by atoms with E-state index < -0.39 is 0 Å². The summed E-state index contributed by atoms with van der Waals surface area (Å²) in [6.45, 7) is 0.770. The highest BCUT2D eigenvalue weighted by Crippen LogP contribution is 2.37. The van der Waals surface area contributed by atoms with Gasteiger partial charge in [-0.05, 0) is 61.6 Å². The van der Waals surface area contributed by atoms with Gasteiger partial charge >= 0.3 is 0 Å². The summed E-state index contributed by atoms with van der Waals surface area (Å²) in [6, 6.07) is 11.0. The van der Waals surface area contributed by atoms with Gasteiger partial charge in [0.1, 0.15) is 17.1 Å². The zero-order valence-corrected chi connectivity index (χ0v) is 16.2. The molecule has 6 nitrogen and oxygen atoms in total. The van der Waals surface area contributed by atoms with Crippen LogP contribution < -0.4 is 19.7 Å². The Morgan fingerprint density at radius 3 is 2.43 bits per heavy atom. The third-order valence-corrected chi connectivity index (χ3v) is 5.30. The van der Waals surface area contributed by atoms with Crippen molar-refractivity contribution in [3.05, 3.63) is 47.5 Å². The van der Waals surface area contributed by atoms with E-state index in [1.807, 2.05) is 23.1 Å². The number of carbonyl (C=O) groups excluding carboxylic acids is 2. The lowest BCUT2D eigenvalue weighted by Crippen LogP contribution is -2.36. The summed E-state index contributed by atoms with van der Waals surface area (Å²) in [6.07, 6.45) is 3.83. The molecule has 2 aliphatic rings. The Hall–Kier alpha value is -3.02. The molecule has 2 aromatic rings. The molecule has 1 aliphatic carbocycles. The number of fused-ring (bicyclic) bond motifs is 1. The smallest absolute Gasteiger partial charge is 0.263 e. The Balaban J connectivity index is 1.58. The van der Waals surface area contributed by atoms with E-state index in [0.29, 0.717) is 22.7 Å². The minimum atomic E-state index is -0.295. The molecule has 0 unspecified atom stereocenters. The second kappa shape index (κ2) is 7.54. The molecule has 0 saturated heterocycles. The van der Waals surface area contributed by atoms with Gasteiger partial charge in [-0.1, -0.05) is 6.07 Å². The molecule has 0 radical (unpaired) electrons. The molecule has 1 aliphatic heterocycles. The van der Waals surface area contributed by atoms with Crippen LogP contribution in [0, 0.1) is 5.92 Å². The van der Waals surface area contributed by atoms with Crippen LogP contribution in [0.2, 0.25) is 0 Å². The number of amides is 2. The van der Waals surface area contributed by atoms with Gasteiger partial charge in [0.2, 0.25) is 5.91 Å². The average Bonchev–Trinajstić information content (AvgIpc) is 3.57. The largest absolute Gasteiger partial charge is 0.496 e. The predicted octanol–water partition coefficient (Wildman–Crippen LogP) is 3.65. The van der Waals surface area contributed by atoms with Crippen molar-refractivity contribution in [2.24, 2.45) is 5.92 Å². The van der Waals surface area contributed by atoms with E-state index in [4.69, 9.17) is 9.47 Å². The van der Waals surface area contributed by atoms with Crippen molar-refractivity contribution in [3.8, 4) is 11.5 Å². The van der Waals surface area contributed by atoms with Crippen LogP contribution in [0.25, 0.3) is 0 Å². The maximum atomic E-state index is 12.9. The number of anilines is 2. The standard InChI is InChI=1S/C22H24N2O4/c1-27-18-6-3-7-19(28-2)20(18)21(25)23-16-10-11-17-15(13-16)5-4-12-24(17)22(26)14-8-9-14/h3,6-7,10-11,13-14H,4-5,8-9,12H2,1-2H3,(H,23,25). The first-order valence-electron chi connectivity index (χ1n) is 9.59. The van der Waals surface area contributed by atoms with E-state index in [2.05, 4.69) is 5.32 Å². The number of rotatable bonds is 5. The molecular formula is C22H24N2O4. The van der Waals surface area contributed by atoms with Crippen LogP contribution in [-0.2, 0) is 11.2 Å². The van der Waals surface area contributed by atoms with E-state index in [1.54, 1.807) is 18.2 Å². The number of nitrogens with zero attached hydrogens (tertiary/aromatic N) is 1. The van der Waals surface area contributed by atoms with Crippen molar-refractivity contribution < 1.29 is 19.1 Å². The molecule has 2 amide bonds. The first-order chi connectivity index (χ1) is 13.6. The second-order valence-corrected chi connectivity index (χ2v) is 7.20. The molecule has 146 valence electrons. The van der Waals surface area contributed by atoms with Crippen LogP contribution in [-0.4, -0.2) is 32.6 Å². The van der Waals surface area contributed by atoms with Crippen LogP contribution in [0.1, 0.15) is 35.2 Å². The quantitative estimate of drug-likeness (QED) is 0.860. The summed E-state index contributed by atoms with van der Waals surface area (Å²) >= 11 is 0. The van der Waals surface area contributed by atoms with Crippen LogP contribution in [0.4, 0.5) is 11.4 Å². The number of nitrogens with one attached hydrogen (secondary N) is 1. The lowest BCUT2D eigenvalue weighted by atomic mass is 10.00. The number of carbonyl (C=O) groups is 2. The van der Waals surface area contributed by atoms with E-state index in [1.165, 1.54) is 14.2 Å². The maximum absolute atomic E-state index is 12.9. The monoisotopic (exact) mass is 380 g/mol. The van der Waals surface area contributed by atoms with Gasteiger partial charge in [0.05, 0.1) is 14.2 Å². The summed E-state index contributed by atoms with van der Waals surface area (Å²) in [5.74, 6) is 1.04. The Morgan fingerprint density at radius 2 is 1.79 bits per heavy atom. The average molecular weight is 380 g/mol. The summed E-state index contributed by atoms with van der Waals surface area (Å²) < 4.78 is 10.6. The van der Waals surface area contributed by atoms with Gasteiger partial charge in [-0.2, -0.15) is 0 Å². The van der Waals surface area contributed by atoms with E-state index in [-0.39, 0.29) is 17.7 Å². The molecule has 0 spiro atoms. The molecule has 0 aromatic heterocycles. The molecule has 4 rings (SSSR count). The highest BCUT2D eigenvalue weighted by Gasteiger charge is 2.35. The molecule has 1 saturated carbocycles. The first kappa shape index (κ1) is 18.3. The molecule has 1 heterocycles. The van der Waals surface area contributed by atoms with Crippen molar-refractivity contribution in [2.45, 2.75) is 25.7 Å². The van der Waals surface area contributed by atoms with Gasteiger partial charge < -0.3 is 19.7 Å². The number of benzene rings is 2. The minimum Gasteiger partial charge on any atom is -0.496 e. The fourth-order valence-corrected chi connectivity index (χ4v) is 3.72. The van der Waals surface area contributed by atoms with E-state index in [9.17, 15) is 9.59 Å². The van der Waals surface area contributed by atoms with Crippen molar-refractivity contribution in [1.29, 1.82) is 0 Å². The topological polar surface area (TPSA) is 67.9 Å². The highest BCUT2D eigenvalue weighted by atomic mass is 16.5. The third kappa shape index (κ3) is 3.42. The van der Waals surface area contributed by atoms with Crippen molar-refractivity contribution in [2.75, 3.05) is 31.0 Å². The molecule has 2 aromatic carbocycles. The zero-order chi connectivity index (χ0) is 19.7. The SMILES string of the molecule is COc1cccc(OC)c1C(=O)Nc1ccc2c(c1)CCCN2C(=O)C1CC1. The second-order valence-electron chi connectivity index (χ2n) is 7.20. The number of hydrogen-bond acceptors (Lipinski definition) is 4. The van der Waals surface area contributed by atoms with Crippen LogP contribution >= 0.6 is 0 Å². The first-order valence-corrected chi connectivity index (χ1v) is 9.59. The molecule has 1 fully saturated rings. The molecule has 28 heavy (non-hydrogen) atoms. The number of aryl methyl sites for hydroxylation is 1. The molecule has 6 heteroatoms. The van der Waals surface area contributed by atoms with Gasteiger partial charge in [0.25, 0.3) is 5.91 Å². The number of methoxy groups -OCH3 is 2. The molecular weight excluding hydrogens is 356 g/mol. The number of ether oxygens (including phenoxy) is 2. The summed E-state index contributed by atoms with van der Waals surface area (Å²) in [5, 5.41) is 2.93. The van der Waals surface area contributed by atoms with Crippen molar-refractivity contribution >= 4 is 23.2 Å². The van der Waals surface area contributed by atoms with Gasteiger partial charge in [-0.15, -0.1) is 0 Å². The minimum absolute atomic E-state index is 0.198. The Kier molecular flexibility index (Phi) is 4.94. The lowest BCUT2D eigenvalue weighted by molar-refractivity contribution is -0.119. The van der Waals surface area contributed by atoms with Gasteiger partial charge in [0, 0.05) is 23.8 Å². The Morgan fingerprint density at radius 1 is 1.07 bits per heavy atom. The fraction of sp³-hybridized carbons (Fsp3) is 0.364. The van der Waals surface area contributed by atoms with Crippen LogP contribution in [0.3, 0.4) is 0 Å². The zero-order valence-electron chi connectivity index (χ0n) is 16.2. The van der Waals surface area contributed by atoms with Crippen LogP contribution in [0.15, 0.2) is 36.4 Å². The summed E-state index contributed by atoms with van der Waals surface area (Å²) in [7, 11) is 3.05. The molecule has 1 N–H and O–H groups in total. The lowest BCUT2D eigenvalue weighted by Gasteiger charge is -2.30. The van der Waals surface area contributed by atoms with Gasteiger partial charge in [0.15, 0.2) is 0 Å². The fourth-order valence-electron chi connectivity index (χ4n) is 3.72. The Bertz CT molecular complexity index is 898. The predicted molar refractivity (Wildman–Crippen MR) is 107 cm³/mol. The molecule has 0 bridgehead atoms. The van der Waals surface area contributed by atoms with E-state index >= 15 is 0 Å². The third-order valence-electron chi connectivity index (χ3n) is 5.30. The summed E-state index contributed by atoms with van der Waals surface area (Å²) in [5.41, 5.74) is 3.11. The highest BCUT2D eigenvalue weighted by molar-refractivity contribution is 6.08. The van der Waals surface area contributed by atoms with Crippen molar-refractivity contribution in [3.63, 3.8) is 0 Å². The van der Waals surface area contributed by atoms with E-state index in [0.717, 1.165) is 43.5 Å². The molecule has 0 atom stereocenters.